The van der Waals surface area contributed by atoms with E-state index in [0.29, 0.717) is 5.75 Å². The number of ether oxygens (including phenoxy) is 1. The van der Waals surface area contributed by atoms with E-state index in [9.17, 15) is 18.0 Å². The molecule has 0 spiro atoms. The van der Waals surface area contributed by atoms with Crippen LogP contribution >= 0.6 is 0 Å². The molecule has 0 saturated heterocycles. The summed E-state index contributed by atoms with van der Waals surface area (Å²) in [7, 11) is -2.49. The molecule has 21 heavy (non-hydrogen) atoms. The van der Waals surface area contributed by atoms with Gasteiger partial charge in [0.15, 0.2) is 0 Å². The van der Waals surface area contributed by atoms with E-state index < -0.39 is 21.8 Å². The van der Waals surface area contributed by atoms with Crippen LogP contribution in [0.1, 0.15) is 12.8 Å². The number of rotatable bonds is 5. The molecule has 2 amide bonds. The van der Waals surface area contributed by atoms with Crippen LogP contribution in [0, 0.1) is 0 Å². The maximum absolute atomic E-state index is 11.9. The second-order valence-electron chi connectivity index (χ2n) is 4.48. The van der Waals surface area contributed by atoms with Crippen molar-refractivity contribution in [2.45, 2.75) is 23.8 Å². The van der Waals surface area contributed by atoms with Gasteiger partial charge < -0.3 is 10.1 Å². The molecule has 0 aliphatic heterocycles. The van der Waals surface area contributed by atoms with Gasteiger partial charge in [0.25, 0.3) is 10.0 Å². The lowest BCUT2D eigenvalue weighted by Gasteiger charge is -2.09. The molecule has 1 aromatic rings. The number of sulfonamides is 1. The number of carbonyl (C=O) groups excluding carboxylic acids is 2. The van der Waals surface area contributed by atoms with Crippen LogP contribution in [0.4, 0.5) is 0 Å². The molecule has 8 nitrogen and oxygen atoms in total. The highest BCUT2D eigenvalue weighted by Crippen LogP contribution is 2.18. The summed E-state index contributed by atoms with van der Waals surface area (Å²) in [5.74, 6) is -1.42. The molecule has 1 aliphatic carbocycles. The zero-order chi connectivity index (χ0) is 15.5. The minimum absolute atomic E-state index is 0.0152. The van der Waals surface area contributed by atoms with Crippen LogP contribution < -0.4 is 20.3 Å². The fourth-order valence-corrected chi connectivity index (χ4v) is 2.30. The van der Waals surface area contributed by atoms with Crippen LogP contribution in [0.15, 0.2) is 29.2 Å². The molecule has 9 heteroatoms. The zero-order valence-electron chi connectivity index (χ0n) is 11.3. The van der Waals surface area contributed by atoms with E-state index >= 15 is 0 Å². The van der Waals surface area contributed by atoms with E-state index in [4.69, 9.17) is 4.74 Å². The zero-order valence-corrected chi connectivity index (χ0v) is 12.1. The molecule has 0 bridgehead atoms. The van der Waals surface area contributed by atoms with Gasteiger partial charge in [0.05, 0.1) is 12.0 Å². The van der Waals surface area contributed by atoms with E-state index in [1.807, 2.05) is 10.3 Å². The van der Waals surface area contributed by atoms with Crippen molar-refractivity contribution in [3.63, 3.8) is 0 Å². The number of benzene rings is 1. The van der Waals surface area contributed by atoms with Crippen LogP contribution in [0.25, 0.3) is 0 Å². The number of amides is 2. The quantitative estimate of drug-likeness (QED) is 0.490. The normalized spacial score (nSPS) is 14.3. The van der Waals surface area contributed by atoms with Gasteiger partial charge in [-0.15, -0.1) is 4.83 Å². The van der Waals surface area contributed by atoms with Crippen LogP contribution in [0.3, 0.4) is 0 Å². The Hall–Kier alpha value is -2.13. The summed E-state index contributed by atoms with van der Waals surface area (Å²) in [6.45, 7) is 0. The molecule has 3 N–H and O–H groups in total. The summed E-state index contributed by atoms with van der Waals surface area (Å²) in [4.78, 5) is 24.6. The topological polar surface area (TPSA) is 114 Å². The second kappa shape index (κ2) is 6.10. The fourth-order valence-electron chi connectivity index (χ4n) is 1.46. The largest absolute Gasteiger partial charge is 0.497 e. The van der Waals surface area contributed by atoms with Gasteiger partial charge in [-0.2, -0.15) is 0 Å². The van der Waals surface area contributed by atoms with Gasteiger partial charge in [0.2, 0.25) is 0 Å². The SMILES string of the molecule is COc1ccc(S(=O)(=O)NNC(=O)C(=O)NC2CC2)cc1. The first kappa shape index (κ1) is 15.3. The Morgan fingerprint density at radius 1 is 1.14 bits per heavy atom. The summed E-state index contributed by atoms with van der Waals surface area (Å²) < 4.78 is 28.7. The summed E-state index contributed by atoms with van der Waals surface area (Å²) in [6.07, 6.45) is 1.66. The molecule has 0 unspecified atom stereocenters. The number of carbonyl (C=O) groups is 2. The van der Waals surface area contributed by atoms with Crippen LogP contribution in [-0.2, 0) is 19.6 Å². The van der Waals surface area contributed by atoms with Gasteiger partial charge in [-0.3, -0.25) is 15.0 Å². The van der Waals surface area contributed by atoms with E-state index in [1.54, 1.807) is 0 Å². The van der Waals surface area contributed by atoms with Crippen molar-refractivity contribution in [2.75, 3.05) is 7.11 Å². The van der Waals surface area contributed by atoms with E-state index in [2.05, 4.69) is 5.32 Å². The lowest BCUT2D eigenvalue weighted by Crippen LogP contribution is -2.48. The van der Waals surface area contributed by atoms with E-state index in [1.165, 1.54) is 31.4 Å². The van der Waals surface area contributed by atoms with E-state index in [0.717, 1.165) is 12.8 Å². The molecule has 1 aliphatic rings. The number of methoxy groups -OCH3 is 1. The van der Waals surface area contributed by atoms with Crippen molar-refractivity contribution >= 4 is 21.8 Å². The van der Waals surface area contributed by atoms with Crippen LogP contribution in [-0.4, -0.2) is 33.4 Å². The average Bonchev–Trinajstić information content (AvgIpc) is 3.28. The van der Waals surface area contributed by atoms with Crippen molar-refractivity contribution in [3.8, 4) is 5.75 Å². The first-order valence-corrected chi connectivity index (χ1v) is 7.67. The molecule has 2 rings (SSSR count). The molecule has 0 aromatic heterocycles. The lowest BCUT2D eigenvalue weighted by atomic mass is 10.3. The fraction of sp³-hybridized carbons (Fsp3) is 0.333. The number of hydrogen-bond donors (Lipinski definition) is 3. The smallest absolute Gasteiger partial charge is 0.324 e. The number of hydrogen-bond acceptors (Lipinski definition) is 5. The second-order valence-corrected chi connectivity index (χ2v) is 6.17. The lowest BCUT2D eigenvalue weighted by molar-refractivity contribution is -0.139. The summed E-state index contributed by atoms with van der Waals surface area (Å²) in [5.41, 5.74) is 1.86. The van der Waals surface area contributed by atoms with Crippen LogP contribution in [0.2, 0.25) is 0 Å². The van der Waals surface area contributed by atoms with Gasteiger partial charge in [-0.05, 0) is 37.1 Å². The highest BCUT2D eigenvalue weighted by molar-refractivity contribution is 7.89. The maximum Gasteiger partial charge on any atom is 0.324 e. The molecule has 1 saturated carbocycles. The third-order valence-electron chi connectivity index (χ3n) is 2.79. The Kier molecular flexibility index (Phi) is 4.43. The van der Waals surface area contributed by atoms with E-state index in [-0.39, 0.29) is 10.9 Å². The molecule has 0 atom stereocenters. The monoisotopic (exact) mass is 313 g/mol. The van der Waals surface area contributed by atoms with Gasteiger partial charge >= 0.3 is 11.8 Å². The Balaban J connectivity index is 1.93. The first-order valence-electron chi connectivity index (χ1n) is 6.19. The van der Waals surface area contributed by atoms with Crippen molar-refractivity contribution in [3.05, 3.63) is 24.3 Å². The standard InChI is InChI=1S/C12H15N3O5S/c1-20-9-4-6-10(7-5-9)21(18,19)15-14-12(17)11(16)13-8-2-3-8/h4-8,15H,2-3H2,1H3,(H,13,16)(H,14,17). The summed E-state index contributed by atoms with van der Waals surface area (Å²) in [6, 6.07) is 5.59. The minimum atomic E-state index is -3.94. The number of nitrogens with one attached hydrogen (secondary N) is 3. The Morgan fingerprint density at radius 3 is 2.29 bits per heavy atom. The third-order valence-corrected chi connectivity index (χ3v) is 4.05. The highest BCUT2D eigenvalue weighted by Gasteiger charge is 2.27. The Labute approximate surface area is 121 Å². The maximum atomic E-state index is 11.9. The Bertz CT molecular complexity index is 637. The van der Waals surface area contributed by atoms with Crippen molar-refractivity contribution in [1.82, 2.24) is 15.6 Å². The van der Waals surface area contributed by atoms with Crippen molar-refractivity contribution in [1.29, 1.82) is 0 Å². The predicted octanol–water partition coefficient (Wildman–Crippen LogP) is -0.717. The summed E-state index contributed by atoms with van der Waals surface area (Å²) in [5, 5.41) is 2.44. The van der Waals surface area contributed by atoms with Gasteiger partial charge in [0, 0.05) is 6.04 Å². The molecule has 114 valence electrons. The molecule has 1 fully saturated rings. The van der Waals surface area contributed by atoms with Crippen LogP contribution in [0.5, 0.6) is 5.75 Å². The Morgan fingerprint density at radius 2 is 1.76 bits per heavy atom. The van der Waals surface area contributed by atoms with Gasteiger partial charge in [-0.25, -0.2) is 8.42 Å². The minimum Gasteiger partial charge on any atom is -0.497 e. The molecular weight excluding hydrogens is 298 g/mol. The van der Waals surface area contributed by atoms with Gasteiger partial charge in [0.1, 0.15) is 5.75 Å². The van der Waals surface area contributed by atoms with Crippen molar-refractivity contribution < 1.29 is 22.7 Å². The highest BCUT2D eigenvalue weighted by atomic mass is 32.2. The third kappa shape index (κ3) is 4.17. The molecular formula is C12H15N3O5S. The molecule has 0 radical (unpaired) electrons. The van der Waals surface area contributed by atoms with Crippen molar-refractivity contribution in [2.24, 2.45) is 0 Å². The van der Waals surface area contributed by atoms with Gasteiger partial charge in [-0.1, -0.05) is 0 Å². The predicted molar refractivity (Wildman–Crippen MR) is 72.6 cm³/mol. The average molecular weight is 313 g/mol. The molecule has 0 heterocycles. The number of hydrazine groups is 1. The summed E-state index contributed by atoms with van der Waals surface area (Å²) >= 11 is 0. The first-order chi connectivity index (χ1) is 9.92. The molecule has 1 aromatic carbocycles.